The number of methoxy groups -OCH3 is 2. The lowest BCUT2D eigenvalue weighted by atomic mass is 9.96. The van der Waals surface area contributed by atoms with E-state index in [9.17, 15) is 13.2 Å². The van der Waals surface area contributed by atoms with E-state index in [0.717, 1.165) is 0 Å². The predicted molar refractivity (Wildman–Crippen MR) is 78.3 cm³/mol. The number of carbonyl (C=O) groups excluding carboxylic acids is 1. The minimum absolute atomic E-state index is 0.0689. The summed E-state index contributed by atoms with van der Waals surface area (Å²) in [5.74, 6) is 0.207. The standard InChI is InChI=1S/C13H15BrO5S/c1-18-9-5-10(14)12(11(6-9)19-2)13(15)8-3-4-20(16,17)7-8/h5-6,8H,3-4,7H2,1-2H3. The summed E-state index contributed by atoms with van der Waals surface area (Å²) in [5, 5.41) is 0. The average Bonchev–Trinajstić information content (AvgIpc) is 2.77. The summed E-state index contributed by atoms with van der Waals surface area (Å²) in [6.07, 6.45) is 0.364. The van der Waals surface area contributed by atoms with Gasteiger partial charge in [-0.1, -0.05) is 0 Å². The van der Waals surface area contributed by atoms with Gasteiger partial charge in [0.15, 0.2) is 15.6 Å². The van der Waals surface area contributed by atoms with Crippen LogP contribution in [0.3, 0.4) is 0 Å². The number of Topliss-reactive ketones (excluding diaryl/α,β-unsaturated/α-hetero) is 1. The number of carbonyl (C=O) groups is 1. The lowest BCUT2D eigenvalue weighted by Gasteiger charge is -2.14. The first-order valence-corrected chi connectivity index (χ1v) is 8.65. The molecule has 0 radical (unpaired) electrons. The summed E-state index contributed by atoms with van der Waals surface area (Å²) < 4.78 is 33.9. The minimum atomic E-state index is -3.10. The fraction of sp³-hybridized carbons (Fsp3) is 0.462. The van der Waals surface area contributed by atoms with E-state index >= 15 is 0 Å². The molecule has 1 aliphatic heterocycles. The summed E-state index contributed by atoms with van der Waals surface area (Å²) in [7, 11) is -0.114. The molecule has 5 nitrogen and oxygen atoms in total. The van der Waals surface area contributed by atoms with Gasteiger partial charge < -0.3 is 9.47 Å². The summed E-state index contributed by atoms with van der Waals surface area (Å²) in [4.78, 5) is 12.5. The molecule has 1 unspecified atom stereocenters. The van der Waals surface area contributed by atoms with Crippen LogP contribution >= 0.6 is 15.9 Å². The molecular formula is C13H15BrO5S. The third-order valence-corrected chi connectivity index (χ3v) is 5.73. The Morgan fingerprint density at radius 3 is 2.50 bits per heavy atom. The van der Waals surface area contributed by atoms with Crippen molar-refractivity contribution in [3.05, 3.63) is 22.2 Å². The molecule has 1 aromatic carbocycles. The first kappa shape index (κ1) is 15.3. The van der Waals surface area contributed by atoms with Crippen molar-refractivity contribution < 1.29 is 22.7 Å². The van der Waals surface area contributed by atoms with Gasteiger partial charge in [0, 0.05) is 16.5 Å². The Bertz CT molecular complexity index is 638. The van der Waals surface area contributed by atoms with Gasteiger partial charge in [-0.15, -0.1) is 0 Å². The molecule has 1 aliphatic rings. The summed E-state index contributed by atoms with van der Waals surface area (Å²) in [6, 6.07) is 3.28. The van der Waals surface area contributed by atoms with Crippen LogP contribution in [0.1, 0.15) is 16.8 Å². The Hall–Kier alpha value is -1.08. The summed E-state index contributed by atoms with van der Waals surface area (Å²) >= 11 is 3.33. The third-order valence-electron chi connectivity index (χ3n) is 3.33. The van der Waals surface area contributed by atoms with Crippen LogP contribution in [-0.4, -0.2) is 39.9 Å². The van der Waals surface area contributed by atoms with E-state index in [1.807, 2.05) is 0 Å². The molecule has 2 rings (SSSR count). The van der Waals surface area contributed by atoms with E-state index in [-0.39, 0.29) is 17.3 Å². The van der Waals surface area contributed by atoms with E-state index in [1.165, 1.54) is 14.2 Å². The van der Waals surface area contributed by atoms with Crippen LogP contribution in [0, 0.1) is 5.92 Å². The van der Waals surface area contributed by atoms with Gasteiger partial charge in [0.1, 0.15) is 11.5 Å². The topological polar surface area (TPSA) is 69.7 Å². The van der Waals surface area contributed by atoms with Crippen LogP contribution in [0.5, 0.6) is 11.5 Å². The number of ketones is 1. The maximum Gasteiger partial charge on any atom is 0.171 e. The van der Waals surface area contributed by atoms with Gasteiger partial charge in [-0.2, -0.15) is 0 Å². The highest BCUT2D eigenvalue weighted by atomic mass is 79.9. The number of hydrogen-bond acceptors (Lipinski definition) is 5. The van der Waals surface area contributed by atoms with Crippen molar-refractivity contribution in [3.63, 3.8) is 0 Å². The van der Waals surface area contributed by atoms with Crippen molar-refractivity contribution in [1.29, 1.82) is 0 Å². The molecule has 0 saturated carbocycles. The quantitative estimate of drug-likeness (QED) is 0.767. The van der Waals surface area contributed by atoms with E-state index in [4.69, 9.17) is 9.47 Å². The Morgan fingerprint density at radius 2 is 2.00 bits per heavy atom. The number of benzene rings is 1. The monoisotopic (exact) mass is 362 g/mol. The predicted octanol–water partition coefficient (Wildman–Crippen LogP) is 2.08. The van der Waals surface area contributed by atoms with Gasteiger partial charge in [-0.3, -0.25) is 4.79 Å². The highest BCUT2D eigenvalue weighted by molar-refractivity contribution is 9.10. The lowest BCUT2D eigenvalue weighted by molar-refractivity contribution is 0.0929. The zero-order valence-electron chi connectivity index (χ0n) is 11.2. The van der Waals surface area contributed by atoms with Gasteiger partial charge >= 0.3 is 0 Å². The van der Waals surface area contributed by atoms with Gasteiger partial charge in [-0.25, -0.2) is 8.42 Å². The first-order chi connectivity index (χ1) is 9.38. The number of rotatable bonds is 4. The number of halogens is 1. The van der Waals surface area contributed by atoms with Gasteiger partial charge in [0.2, 0.25) is 0 Å². The maximum absolute atomic E-state index is 12.5. The highest BCUT2D eigenvalue weighted by Crippen LogP contribution is 2.35. The Balaban J connectivity index is 2.40. The van der Waals surface area contributed by atoms with Crippen LogP contribution in [0.15, 0.2) is 16.6 Å². The van der Waals surface area contributed by atoms with Crippen LogP contribution < -0.4 is 9.47 Å². The molecule has 1 aromatic rings. The van der Waals surface area contributed by atoms with E-state index in [0.29, 0.717) is 28.0 Å². The van der Waals surface area contributed by atoms with Crippen molar-refractivity contribution in [2.45, 2.75) is 6.42 Å². The lowest BCUT2D eigenvalue weighted by Crippen LogP contribution is -2.17. The van der Waals surface area contributed by atoms with Crippen molar-refractivity contribution in [3.8, 4) is 11.5 Å². The smallest absolute Gasteiger partial charge is 0.171 e. The zero-order valence-corrected chi connectivity index (χ0v) is 13.6. The van der Waals surface area contributed by atoms with Gasteiger partial charge in [0.25, 0.3) is 0 Å². The highest BCUT2D eigenvalue weighted by Gasteiger charge is 2.35. The molecule has 0 spiro atoms. The molecule has 1 fully saturated rings. The second kappa shape index (κ2) is 5.73. The molecule has 0 bridgehead atoms. The SMILES string of the molecule is COc1cc(Br)c(C(=O)C2CCS(=O)(=O)C2)c(OC)c1. The fourth-order valence-electron chi connectivity index (χ4n) is 2.28. The Kier molecular flexibility index (Phi) is 4.39. The second-order valence-electron chi connectivity index (χ2n) is 4.65. The van der Waals surface area contributed by atoms with Crippen LogP contribution in [0.4, 0.5) is 0 Å². The van der Waals surface area contributed by atoms with E-state index in [2.05, 4.69) is 15.9 Å². The van der Waals surface area contributed by atoms with Crippen molar-refractivity contribution in [2.75, 3.05) is 25.7 Å². The fourth-order valence-corrected chi connectivity index (χ4v) is 4.64. The molecule has 0 aliphatic carbocycles. The van der Waals surface area contributed by atoms with Crippen LogP contribution in [0.2, 0.25) is 0 Å². The van der Waals surface area contributed by atoms with Crippen molar-refractivity contribution in [1.82, 2.24) is 0 Å². The molecule has 20 heavy (non-hydrogen) atoms. The van der Waals surface area contributed by atoms with Crippen LogP contribution in [0.25, 0.3) is 0 Å². The second-order valence-corrected chi connectivity index (χ2v) is 7.73. The van der Waals surface area contributed by atoms with Crippen molar-refractivity contribution in [2.24, 2.45) is 5.92 Å². The number of sulfone groups is 1. The Morgan fingerprint density at radius 1 is 1.30 bits per heavy atom. The van der Waals surface area contributed by atoms with Gasteiger partial charge in [0.05, 0.1) is 31.3 Å². The summed E-state index contributed by atoms with van der Waals surface area (Å²) in [6.45, 7) is 0. The molecular weight excluding hydrogens is 348 g/mol. The molecule has 0 amide bonds. The molecule has 1 heterocycles. The largest absolute Gasteiger partial charge is 0.497 e. The maximum atomic E-state index is 12.5. The van der Waals surface area contributed by atoms with Crippen molar-refractivity contribution >= 4 is 31.6 Å². The molecule has 0 N–H and O–H groups in total. The molecule has 1 atom stereocenters. The number of hydrogen-bond donors (Lipinski definition) is 0. The van der Waals surface area contributed by atoms with Crippen LogP contribution in [-0.2, 0) is 9.84 Å². The third kappa shape index (κ3) is 2.98. The van der Waals surface area contributed by atoms with E-state index < -0.39 is 15.8 Å². The normalized spacial score (nSPS) is 20.6. The first-order valence-electron chi connectivity index (χ1n) is 6.04. The number of ether oxygens (including phenoxy) is 2. The van der Waals surface area contributed by atoms with Gasteiger partial charge in [-0.05, 0) is 28.4 Å². The Labute approximate surface area is 126 Å². The summed E-state index contributed by atoms with van der Waals surface area (Å²) in [5.41, 5.74) is 0.371. The minimum Gasteiger partial charge on any atom is -0.497 e. The molecule has 110 valence electrons. The average molecular weight is 363 g/mol. The van der Waals surface area contributed by atoms with E-state index in [1.54, 1.807) is 12.1 Å². The zero-order chi connectivity index (χ0) is 14.9. The molecule has 1 saturated heterocycles. The molecule has 7 heteroatoms. The molecule has 0 aromatic heterocycles.